The molecule has 1 heteroatoms. The van der Waals surface area contributed by atoms with Crippen LogP contribution in [-0.2, 0) is 0 Å². The van der Waals surface area contributed by atoms with Crippen LogP contribution >= 0.6 is 0 Å². The van der Waals surface area contributed by atoms with Gasteiger partial charge in [-0.2, -0.15) is 0 Å². The number of hydrogen-bond acceptors (Lipinski definition) is 1. The minimum absolute atomic E-state index is 0.844. The maximum Gasteiger partial charge on any atom is -0.00175 e. The highest BCUT2D eigenvalue weighted by atomic mass is 14.8. The zero-order valence-corrected chi connectivity index (χ0v) is 9.37. The van der Waals surface area contributed by atoms with Crippen LogP contribution in [0.5, 0.6) is 0 Å². The van der Waals surface area contributed by atoms with Crippen LogP contribution in [0.25, 0.3) is 0 Å². The molecule has 0 aliphatic heterocycles. The van der Waals surface area contributed by atoms with Gasteiger partial charge in [0.05, 0.1) is 0 Å². The summed E-state index contributed by atoms with van der Waals surface area (Å²) in [6.45, 7) is 1.18. The van der Waals surface area contributed by atoms with E-state index in [9.17, 15) is 0 Å². The maximum absolute atomic E-state index is 3.28. The van der Waals surface area contributed by atoms with Crippen molar-refractivity contribution in [3.63, 3.8) is 0 Å². The van der Waals surface area contributed by atoms with Crippen molar-refractivity contribution in [3.05, 3.63) is 35.4 Å². The summed E-state index contributed by atoms with van der Waals surface area (Å²) in [6, 6.07) is 9.32. The van der Waals surface area contributed by atoms with Gasteiger partial charge >= 0.3 is 0 Å². The Hall–Kier alpha value is -0.820. The summed E-state index contributed by atoms with van der Waals surface area (Å²) in [6.07, 6.45) is 4.21. The van der Waals surface area contributed by atoms with Gasteiger partial charge in [-0.15, -0.1) is 0 Å². The lowest BCUT2D eigenvalue weighted by Gasteiger charge is -2.03. The van der Waals surface area contributed by atoms with E-state index in [0.717, 1.165) is 17.8 Å². The van der Waals surface area contributed by atoms with Crippen LogP contribution in [0, 0.1) is 5.92 Å². The van der Waals surface area contributed by atoms with Gasteiger partial charge in [-0.25, -0.2) is 0 Å². The topological polar surface area (TPSA) is 12.0 Å². The molecule has 1 aromatic rings. The van der Waals surface area contributed by atoms with Crippen molar-refractivity contribution in [1.29, 1.82) is 0 Å². The van der Waals surface area contributed by atoms with E-state index in [2.05, 4.69) is 36.6 Å². The molecule has 80 valence electrons. The van der Waals surface area contributed by atoms with Crippen molar-refractivity contribution < 1.29 is 0 Å². The van der Waals surface area contributed by atoms with Gasteiger partial charge in [0.15, 0.2) is 0 Å². The van der Waals surface area contributed by atoms with Crippen LogP contribution in [0.3, 0.4) is 0 Å². The van der Waals surface area contributed by atoms with Crippen molar-refractivity contribution in [1.82, 2.24) is 5.32 Å². The summed E-state index contributed by atoms with van der Waals surface area (Å²) in [5.41, 5.74) is 3.17. The zero-order valence-electron chi connectivity index (χ0n) is 9.37. The standard InChI is InChI=1S/C14H19N/c1-15-9-13-8-14(13)12-4-2-3-11(7-12)10-5-6-10/h2-4,7,10,13-15H,5-6,8-9H2,1H3. The van der Waals surface area contributed by atoms with E-state index in [0.29, 0.717) is 0 Å². The second-order valence-electron chi connectivity index (χ2n) is 5.10. The second kappa shape index (κ2) is 3.64. The van der Waals surface area contributed by atoms with Crippen LogP contribution < -0.4 is 5.32 Å². The van der Waals surface area contributed by atoms with Gasteiger partial charge in [-0.1, -0.05) is 24.3 Å². The predicted molar refractivity (Wildman–Crippen MR) is 63.2 cm³/mol. The lowest BCUT2D eigenvalue weighted by Crippen LogP contribution is -2.10. The smallest absolute Gasteiger partial charge is 0.00175 e. The molecule has 0 spiro atoms. The van der Waals surface area contributed by atoms with Crippen molar-refractivity contribution in [3.8, 4) is 0 Å². The number of hydrogen-bond donors (Lipinski definition) is 1. The molecule has 2 saturated carbocycles. The normalized spacial score (nSPS) is 29.1. The van der Waals surface area contributed by atoms with Crippen molar-refractivity contribution in [2.24, 2.45) is 5.92 Å². The van der Waals surface area contributed by atoms with E-state index in [1.165, 1.54) is 25.8 Å². The quantitative estimate of drug-likeness (QED) is 0.790. The number of nitrogens with one attached hydrogen (secondary N) is 1. The Morgan fingerprint density at radius 3 is 2.80 bits per heavy atom. The lowest BCUT2D eigenvalue weighted by atomic mass is 10.0. The van der Waals surface area contributed by atoms with E-state index in [-0.39, 0.29) is 0 Å². The van der Waals surface area contributed by atoms with Gasteiger partial charge in [0.2, 0.25) is 0 Å². The Kier molecular flexibility index (Phi) is 2.28. The number of benzene rings is 1. The first-order valence-electron chi connectivity index (χ1n) is 6.13. The minimum Gasteiger partial charge on any atom is -0.319 e. The molecule has 2 atom stereocenters. The van der Waals surface area contributed by atoms with Crippen LogP contribution in [0.2, 0.25) is 0 Å². The number of rotatable bonds is 4. The molecule has 0 aromatic heterocycles. The first-order chi connectivity index (χ1) is 7.38. The van der Waals surface area contributed by atoms with Gasteiger partial charge in [-0.05, 0) is 61.7 Å². The van der Waals surface area contributed by atoms with Crippen LogP contribution in [-0.4, -0.2) is 13.6 Å². The molecule has 0 amide bonds. The van der Waals surface area contributed by atoms with Gasteiger partial charge in [0.1, 0.15) is 0 Å². The summed E-state index contributed by atoms with van der Waals surface area (Å²) < 4.78 is 0. The highest BCUT2D eigenvalue weighted by Crippen LogP contribution is 2.48. The maximum atomic E-state index is 3.28. The average molecular weight is 201 g/mol. The Morgan fingerprint density at radius 2 is 2.07 bits per heavy atom. The van der Waals surface area contributed by atoms with Crippen molar-refractivity contribution in [2.75, 3.05) is 13.6 Å². The van der Waals surface area contributed by atoms with Crippen LogP contribution in [0.15, 0.2) is 24.3 Å². The van der Waals surface area contributed by atoms with Crippen LogP contribution in [0.4, 0.5) is 0 Å². The molecule has 2 fully saturated rings. The third kappa shape index (κ3) is 1.93. The SMILES string of the molecule is CNCC1CC1c1cccc(C2CC2)c1. The molecule has 0 radical (unpaired) electrons. The fourth-order valence-corrected chi connectivity index (χ4v) is 2.60. The largest absolute Gasteiger partial charge is 0.319 e. The summed E-state index contributed by atoms with van der Waals surface area (Å²) in [5.74, 6) is 2.63. The Labute approximate surface area is 91.9 Å². The second-order valence-corrected chi connectivity index (χ2v) is 5.10. The van der Waals surface area contributed by atoms with E-state index in [4.69, 9.17) is 0 Å². The first kappa shape index (κ1) is 9.41. The average Bonchev–Trinajstić information content (AvgIpc) is 3.14. The molecule has 2 aliphatic rings. The summed E-state index contributed by atoms with van der Waals surface area (Å²) in [5, 5.41) is 3.28. The lowest BCUT2D eigenvalue weighted by molar-refractivity contribution is 0.698. The molecule has 1 nitrogen and oxygen atoms in total. The van der Waals surface area contributed by atoms with Gasteiger partial charge < -0.3 is 5.32 Å². The van der Waals surface area contributed by atoms with Crippen molar-refractivity contribution >= 4 is 0 Å². The van der Waals surface area contributed by atoms with Crippen molar-refractivity contribution in [2.45, 2.75) is 31.1 Å². The fraction of sp³-hybridized carbons (Fsp3) is 0.571. The van der Waals surface area contributed by atoms with Gasteiger partial charge in [0, 0.05) is 0 Å². The first-order valence-corrected chi connectivity index (χ1v) is 6.13. The molecule has 0 saturated heterocycles. The molecule has 2 unspecified atom stereocenters. The summed E-state index contributed by atoms with van der Waals surface area (Å²) in [7, 11) is 2.05. The molecule has 15 heavy (non-hydrogen) atoms. The molecular weight excluding hydrogens is 182 g/mol. The predicted octanol–water partition coefficient (Wildman–Crippen LogP) is 2.89. The van der Waals surface area contributed by atoms with E-state index < -0.39 is 0 Å². The molecular formula is C14H19N. The Morgan fingerprint density at radius 1 is 1.27 bits per heavy atom. The fourth-order valence-electron chi connectivity index (χ4n) is 2.60. The Bertz CT molecular complexity index is 354. The minimum atomic E-state index is 0.844. The highest BCUT2D eigenvalue weighted by molar-refractivity contribution is 5.34. The molecule has 1 aromatic carbocycles. The summed E-state index contributed by atoms with van der Waals surface area (Å²) in [4.78, 5) is 0. The van der Waals surface area contributed by atoms with E-state index in [1.54, 1.807) is 11.1 Å². The van der Waals surface area contributed by atoms with E-state index >= 15 is 0 Å². The highest BCUT2D eigenvalue weighted by Gasteiger charge is 2.37. The zero-order chi connectivity index (χ0) is 10.3. The van der Waals surface area contributed by atoms with Gasteiger partial charge in [0.25, 0.3) is 0 Å². The molecule has 1 N–H and O–H groups in total. The molecule has 3 rings (SSSR count). The summed E-state index contributed by atoms with van der Waals surface area (Å²) >= 11 is 0. The van der Waals surface area contributed by atoms with Gasteiger partial charge in [-0.3, -0.25) is 0 Å². The molecule has 2 aliphatic carbocycles. The third-order valence-corrected chi connectivity index (χ3v) is 3.78. The molecule has 0 bridgehead atoms. The van der Waals surface area contributed by atoms with E-state index in [1.807, 2.05) is 0 Å². The third-order valence-electron chi connectivity index (χ3n) is 3.78. The van der Waals surface area contributed by atoms with Crippen LogP contribution in [0.1, 0.15) is 42.2 Å². The Balaban J connectivity index is 1.72. The monoisotopic (exact) mass is 201 g/mol. The molecule has 0 heterocycles.